The summed E-state index contributed by atoms with van der Waals surface area (Å²) in [6.45, 7) is 2.67. The van der Waals surface area contributed by atoms with Gasteiger partial charge in [-0.05, 0) is 31.3 Å². The fourth-order valence-corrected chi connectivity index (χ4v) is 5.16. The summed E-state index contributed by atoms with van der Waals surface area (Å²) in [5.74, 6) is 0.0680. The van der Waals surface area contributed by atoms with E-state index in [4.69, 9.17) is 0 Å². The number of amides is 1. The average Bonchev–Trinajstić information content (AvgIpc) is 3.18. The van der Waals surface area contributed by atoms with E-state index in [9.17, 15) is 14.0 Å². The molecule has 0 atom stereocenters. The van der Waals surface area contributed by atoms with Gasteiger partial charge in [0.1, 0.15) is 22.9 Å². The van der Waals surface area contributed by atoms with Crippen molar-refractivity contribution in [2.24, 2.45) is 0 Å². The molecule has 1 amide bonds. The zero-order valence-electron chi connectivity index (χ0n) is 17.6. The Kier molecular flexibility index (Phi) is 5.50. The topological polar surface area (TPSA) is 82.0 Å². The molecule has 0 bridgehead atoms. The van der Waals surface area contributed by atoms with Gasteiger partial charge >= 0.3 is 0 Å². The second kappa shape index (κ2) is 8.45. The molecule has 0 saturated carbocycles. The molecule has 10 heteroatoms. The number of nitrogens with one attached hydrogen (secondary N) is 2. The fourth-order valence-electron chi connectivity index (χ4n) is 3.98. The number of benzene rings is 1. The first-order chi connectivity index (χ1) is 15.6. The van der Waals surface area contributed by atoms with Gasteiger partial charge < -0.3 is 10.2 Å². The van der Waals surface area contributed by atoms with Crippen LogP contribution in [0.2, 0.25) is 0 Å². The van der Waals surface area contributed by atoms with Crippen LogP contribution in [-0.4, -0.2) is 71.6 Å². The number of piperazine rings is 1. The van der Waals surface area contributed by atoms with Crippen molar-refractivity contribution in [3.05, 3.63) is 52.2 Å². The van der Waals surface area contributed by atoms with Crippen LogP contribution in [0.4, 0.5) is 10.2 Å². The van der Waals surface area contributed by atoms with Crippen LogP contribution in [0.3, 0.4) is 0 Å². The first-order valence-corrected chi connectivity index (χ1v) is 11.3. The van der Waals surface area contributed by atoms with Crippen molar-refractivity contribution in [3.63, 3.8) is 0 Å². The van der Waals surface area contributed by atoms with Crippen molar-refractivity contribution < 1.29 is 9.18 Å². The molecule has 32 heavy (non-hydrogen) atoms. The summed E-state index contributed by atoms with van der Waals surface area (Å²) >= 11 is 1.39. The molecule has 1 fully saturated rings. The highest BCUT2D eigenvalue weighted by molar-refractivity contribution is 7.24. The summed E-state index contributed by atoms with van der Waals surface area (Å²) in [7, 11) is 2.04. The molecule has 0 radical (unpaired) electrons. The lowest BCUT2D eigenvalue weighted by Gasteiger charge is -2.32. The largest absolute Gasteiger partial charge is 0.367 e. The lowest BCUT2D eigenvalue weighted by molar-refractivity contribution is 0.0663. The molecule has 1 aliphatic rings. The minimum Gasteiger partial charge on any atom is -0.367 e. The van der Waals surface area contributed by atoms with E-state index in [-0.39, 0.29) is 17.5 Å². The molecule has 166 valence electrons. The number of carbonyl (C=O) groups is 1. The predicted molar refractivity (Wildman–Crippen MR) is 125 cm³/mol. The van der Waals surface area contributed by atoms with Crippen LogP contribution >= 0.6 is 11.3 Å². The van der Waals surface area contributed by atoms with Crippen molar-refractivity contribution in [1.29, 1.82) is 0 Å². The van der Waals surface area contributed by atoms with Crippen molar-refractivity contribution in [2.45, 2.75) is 0 Å². The number of rotatable bonds is 5. The first kappa shape index (κ1) is 20.8. The van der Waals surface area contributed by atoms with Crippen LogP contribution in [0.25, 0.3) is 26.1 Å². The maximum Gasteiger partial charge on any atom is 0.272 e. The fraction of sp³-hybridized carbons (Fsp3) is 0.318. The number of carbonyl (C=O) groups excluding carboxylic acids is 1. The van der Waals surface area contributed by atoms with E-state index in [2.05, 4.69) is 20.6 Å². The van der Waals surface area contributed by atoms with Gasteiger partial charge in [0.05, 0.1) is 15.6 Å². The molecule has 5 rings (SSSR count). The van der Waals surface area contributed by atoms with Gasteiger partial charge in [-0.1, -0.05) is 12.1 Å². The molecular formula is C22H23FN6O2S. The normalized spacial score (nSPS) is 15.6. The van der Waals surface area contributed by atoms with E-state index in [1.54, 1.807) is 12.1 Å². The van der Waals surface area contributed by atoms with Gasteiger partial charge in [-0.15, -0.1) is 11.3 Å². The molecule has 1 saturated heterocycles. The molecule has 0 spiro atoms. The van der Waals surface area contributed by atoms with E-state index >= 15 is 0 Å². The van der Waals surface area contributed by atoms with Crippen LogP contribution < -0.4 is 16.2 Å². The molecule has 1 aromatic carbocycles. The number of anilines is 1. The molecule has 1 aliphatic heterocycles. The molecule has 4 heterocycles. The van der Waals surface area contributed by atoms with E-state index in [1.807, 2.05) is 40.7 Å². The van der Waals surface area contributed by atoms with Crippen LogP contribution in [0, 0.1) is 0 Å². The van der Waals surface area contributed by atoms with Gasteiger partial charge in [0.15, 0.2) is 5.65 Å². The van der Waals surface area contributed by atoms with Crippen molar-refractivity contribution in [1.82, 2.24) is 24.7 Å². The summed E-state index contributed by atoms with van der Waals surface area (Å²) in [5, 5.41) is 5.12. The monoisotopic (exact) mass is 454 g/mol. The lowest BCUT2D eigenvalue weighted by Crippen LogP contribution is -2.53. The van der Waals surface area contributed by atoms with E-state index in [0.29, 0.717) is 34.8 Å². The summed E-state index contributed by atoms with van der Waals surface area (Å²) in [6, 6.07) is 11.0. The Morgan fingerprint density at radius 3 is 2.72 bits per heavy atom. The maximum absolute atomic E-state index is 13.5. The summed E-state index contributed by atoms with van der Waals surface area (Å²) in [6.07, 6.45) is 0. The summed E-state index contributed by atoms with van der Waals surface area (Å²) in [5.41, 5.74) is 3.99. The van der Waals surface area contributed by atoms with E-state index in [1.165, 1.54) is 11.3 Å². The van der Waals surface area contributed by atoms with Crippen LogP contribution in [0.1, 0.15) is 10.4 Å². The Bertz CT molecular complexity index is 1380. The molecule has 3 aromatic heterocycles. The minimum absolute atomic E-state index is 0.115. The quantitative estimate of drug-likeness (QED) is 0.482. The number of aromatic nitrogens is 2. The number of hydrazine groups is 1. The molecule has 0 unspecified atom stereocenters. The number of hydrogen-bond acceptors (Lipinski definition) is 7. The smallest absolute Gasteiger partial charge is 0.272 e. The Morgan fingerprint density at radius 1 is 1.16 bits per heavy atom. The number of halogens is 1. The third-order valence-corrected chi connectivity index (χ3v) is 6.82. The van der Waals surface area contributed by atoms with E-state index in [0.717, 1.165) is 23.3 Å². The maximum atomic E-state index is 13.5. The van der Waals surface area contributed by atoms with Gasteiger partial charge in [0.2, 0.25) is 5.43 Å². The third-order valence-electron chi connectivity index (χ3n) is 5.68. The number of fused-ring (bicyclic) bond motifs is 5. The number of hydrogen-bond donors (Lipinski definition) is 2. The highest BCUT2D eigenvalue weighted by atomic mass is 32.1. The van der Waals surface area contributed by atoms with Crippen LogP contribution in [0.5, 0.6) is 0 Å². The van der Waals surface area contributed by atoms with Gasteiger partial charge in [0, 0.05) is 32.7 Å². The summed E-state index contributed by atoms with van der Waals surface area (Å²) < 4.78 is 15.4. The van der Waals surface area contributed by atoms with Gasteiger partial charge in [-0.25, -0.2) is 14.4 Å². The predicted octanol–water partition coefficient (Wildman–Crippen LogP) is 2.34. The third kappa shape index (κ3) is 3.60. The zero-order valence-corrected chi connectivity index (χ0v) is 18.4. The van der Waals surface area contributed by atoms with Crippen LogP contribution in [-0.2, 0) is 0 Å². The number of nitrogens with zero attached hydrogens (tertiary/aromatic N) is 4. The Hall–Kier alpha value is -3.08. The minimum atomic E-state index is -0.526. The second-order valence-electron chi connectivity index (χ2n) is 7.83. The van der Waals surface area contributed by atoms with Crippen molar-refractivity contribution in [2.75, 3.05) is 51.8 Å². The van der Waals surface area contributed by atoms with Crippen LogP contribution in [0.15, 0.2) is 41.2 Å². The van der Waals surface area contributed by atoms with Gasteiger partial charge in [-0.3, -0.25) is 19.4 Å². The average molecular weight is 455 g/mol. The zero-order chi connectivity index (χ0) is 22.2. The molecular weight excluding hydrogens is 431 g/mol. The van der Waals surface area contributed by atoms with Gasteiger partial charge in [-0.2, -0.15) is 0 Å². The second-order valence-corrected chi connectivity index (χ2v) is 8.86. The molecule has 2 N–H and O–H groups in total. The van der Waals surface area contributed by atoms with Crippen molar-refractivity contribution in [3.8, 4) is 0 Å². The number of likely N-dealkylation sites (N-methyl/N-ethyl adjacent to an activating group) is 1. The molecule has 8 nitrogen and oxygen atoms in total. The first-order valence-electron chi connectivity index (χ1n) is 10.5. The lowest BCUT2D eigenvalue weighted by atomic mass is 10.1. The molecule has 0 aliphatic carbocycles. The van der Waals surface area contributed by atoms with Gasteiger partial charge in [0.25, 0.3) is 5.91 Å². The Balaban J connectivity index is 1.69. The number of thiazole rings is 1. The number of pyridine rings is 2. The number of alkyl halides is 1. The standard InChI is InChI=1S/C22H23FN6O2S/c1-27-10-12-28(13-11-27)26-21(31)18-19(30)14-6-7-17(24-9-8-23)25-20(14)29-15-4-2-3-5-16(15)32-22(18)29/h2-7H,8-13H2,1H3,(H,24,25)(H,26,31). The highest BCUT2D eigenvalue weighted by Crippen LogP contribution is 2.31. The van der Waals surface area contributed by atoms with E-state index < -0.39 is 12.6 Å². The van der Waals surface area contributed by atoms with Crippen molar-refractivity contribution >= 4 is 49.1 Å². The Labute approximate surface area is 187 Å². The molecule has 4 aromatic rings. The highest BCUT2D eigenvalue weighted by Gasteiger charge is 2.25. The SMILES string of the molecule is CN1CCN(NC(=O)c2c(=O)c3ccc(NCCF)nc3n3c2sc2ccccc23)CC1. The Morgan fingerprint density at radius 2 is 1.94 bits per heavy atom. The number of para-hydroxylation sites is 1. The summed E-state index contributed by atoms with van der Waals surface area (Å²) in [4.78, 5) is 34.1.